The van der Waals surface area contributed by atoms with Crippen LogP contribution in [0.1, 0.15) is 12.8 Å². The van der Waals surface area contributed by atoms with Crippen LogP contribution < -0.4 is 10.6 Å². The maximum Gasteiger partial charge on any atom is 0.245 e. The molecule has 0 bridgehead atoms. The molecule has 4 rings (SSSR count). The zero-order valence-corrected chi connectivity index (χ0v) is 17.7. The van der Waals surface area contributed by atoms with Crippen LogP contribution in [0, 0.1) is 0 Å². The van der Waals surface area contributed by atoms with Crippen LogP contribution >= 0.6 is 11.6 Å². The van der Waals surface area contributed by atoms with Gasteiger partial charge in [-0.15, -0.1) is 0 Å². The van der Waals surface area contributed by atoms with Crippen molar-refractivity contribution in [2.45, 2.75) is 18.9 Å². The molecule has 1 amide bonds. The number of hydrogen-bond acceptors (Lipinski definition) is 6. The topological polar surface area (TPSA) is 83.0 Å². The second-order valence-corrected chi connectivity index (χ2v) is 7.78. The summed E-state index contributed by atoms with van der Waals surface area (Å²) in [6.45, 7) is 5.01. The highest BCUT2D eigenvalue weighted by Gasteiger charge is 2.21. The maximum absolute atomic E-state index is 11.7. The van der Waals surface area contributed by atoms with Gasteiger partial charge >= 0.3 is 0 Å². The predicted octanol–water partition coefficient (Wildman–Crippen LogP) is 4.52. The van der Waals surface area contributed by atoms with Gasteiger partial charge in [0.1, 0.15) is 0 Å². The summed E-state index contributed by atoms with van der Waals surface area (Å²) >= 11 is 6.01. The molecule has 2 N–H and O–H groups in total. The normalized spacial score (nSPS) is 14.2. The van der Waals surface area contributed by atoms with Crippen molar-refractivity contribution >= 4 is 34.8 Å². The molecule has 1 aliphatic rings. The van der Waals surface area contributed by atoms with Gasteiger partial charge in [-0.05, 0) is 43.2 Å². The van der Waals surface area contributed by atoms with E-state index in [2.05, 4.69) is 32.2 Å². The Bertz CT molecular complexity index is 1060. The number of likely N-dealkylation sites (tertiary alicyclic amines) is 1. The van der Waals surface area contributed by atoms with E-state index in [1.807, 2.05) is 35.2 Å². The molecule has 0 atom stereocenters. The molecule has 1 aliphatic heterocycles. The average molecular weight is 435 g/mol. The Morgan fingerprint density at radius 3 is 2.55 bits per heavy atom. The van der Waals surface area contributed by atoms with E-state index >= 15 is 0 Å². The van der Waals surface area contributed by atoms with Crippen LogP contribution in [-0.2, 0) is 4.79 Å². The molecular weight excluding hydrogens is 412 g/mol. The fraction of sp³-hybridized carbons (Fsp3) is 0.217. The first kappa shape index (κ1) is 20.8. The van der Waals surface area contributed by atoms with Gasteiger partial charge in [-0.2, -0.15) is 0 Å². The van der Waals surface area contributed by atoms with Crippen molar-refractivity contribution in [1.82, 2.24) is 19.9 Å². The fourth-order valence-electron chi connectivity index (χ4n) is 3.52. The molecule has 1 fully saturated rings. The summed E-state index contributed by atoms with van der Waals surface area (Å²) in [5.74, 6) is 0.490. The minimum Gasteiger partial charge on any atom is -0.381 e. The van der Waals surface area contributed by atoms with Gasteiger partial charge in [0.2, 0.25) is 11.9 Å². The molecule has 0 radical (unpaired) electrons. The lowest BCUT2D eigenvalue weighted by Gasteiger charge is -2.32. The number of hydrogen-bond donors (Lipinski definition) is 2. The van der Waals surface area contributed by atoms with Crippen molar-refractivity contribution in [2.75, 3.05) is 23.7 Å². The Hall–Kier alpha value is -3.45. The molecule has 158 valence electrons. The number of piperidine rings is 1. The summed E-state index contributed by atoms with van der Waals surface area (Å²) in [4.78, 5) is 26.7. The number of pyridine rings is 1. The maximum atomic E-state index is 11.7. The lowest BCUT2D eigenvalue weighted by Crippen LogP contribution is -2.41. The van der Waals surface area contributed by atoms with Gasteiger partial charge in [0.05, 0.1) is 5.69 Å². The fourth-order valence-corrected chi connectivity index (χ4v) is 3.71. The number of nitrogens with zero attached hydrogens (tertiary/aromatic N) is 4. The smallest absolute Gasteiger partial charge is 0.245 e. The molecule has 31 heavy (non-hydrogen) atoms. The number of rotatable bonds is 6. The van der Waals surface area contributed by atoms with E-state index < -0.39 is 0 Å². The molecule has 3 aromatic rings. The van der Waals surface area contributed by atoms with Crippen molar-refractivity contribution < 1.29 is 4.79 Å². The first-order valence-electron chi connectivity index (χ1n) is 10.1. The highest BCUT2D eigenvalue weighted by Crippen LogP contribution is 2.24. The molecule has 0 unspecified atom stereocenters. The standard InChI is InChI=1S/C23H23ClN6O/c1-2-22(31)30-8-6-19(7-9-30)28-21-10-16(12-25-15-21)17-13-26-23(27-14-17)29-20-5-3-4-18(24)11-20/h2-5,10-15,19,28H,1,6-9H2,(H,26,27,29). The summed E-state index contributed by atoms with van der Waals surface area (Å²) in [7, 11) is 0. The Balaban J connectivity index is 1.39. The van der Waals surface area contributed by atoms with E-state index in [0.717, 1.165) is 48.4 Å². The molecule has 7 nitrogen and oxygen atoms in total. The number of anilines is 3. The van der Waals surface area contributed by atoms with Crippen molar-refractivity contribution in [3.05, 3.63) is 72.8 Å². The molecule has 1 aromatic carbocycles. The Morgan fingerprint density at radius 2 is 1.84 bits per heavy atom. The minimum atomic E-state index is -0.00425. The van der Waals surface area contributed by atoms with Gasteiger partial charge in [0, 0.05) is 65.8 Å². The van der Waals surface area contributed by atoms with E-state index in [4.69, 9.17) is 11.6 Å². The van der Waals surface area contributed by atoms with Crippen LogP contribution in [0.4, 0.5) is 17.3 Å². The highest BCUT2D eigenvalue weighted by atomic mass is 35.5. The third-order valence-electron chi connectivity index (χ3n) is 5.16. The van der Waals surface area contributed by atoms with Crippen molar-refractivity contribution in [3.63, 3.8) is 0 Å². The first-order valence-corrected chi connectivity index (χ1v) is 10.5. The third-order valence-corrected chi connectivity index (χ3v) is 5.39. The number of halogens is 1. The molecule has 0 saturated carbocycles. The quantitative estimate of drug-likeness (QED) is 0.555. The van der Waals surface area contributed by atoms with E-state index in [1.54, 1.807) is 24.8 Å². The minimum absolute atomic E-state index is 0.00425. The van der Waals surface area contributed by atoms with Crippen LogP contribution in [0.5, 0.6) is 0 Å². The number of carbonyl (C=O) groups is 1. The zero-order chi connectivity index (χ0) is 21.6. The molecule has 8 heteroatoms. The van der Waals surface area contributed by atoms with Crippen molar-refractivity contribution in [2.24, 2.45) is 0 Å². The lowest BCUT2D eigenvalue weighted by molar-refractivity contribution is -0.126. The SMILES string of the molecule is C=CC(=O)N1CCC(Nc2cncc(-c3cnc(Nc4cccc(Cl)c4)nc3)c2)CC1. The number of benzene rings is 1. The molecule has 3 heterocycles. The van der Waals surface area contributed by atoms with E-state index in [9.17, 15) is 4.79 Å². The lowest BCUT2D eigenvalue weighted by atomic mass is 10.0. The van der Waals surface area contributed by atoms with Crippen LogP contribution in [0.2, 0.25) is 5.02 Å². The van der Waals surface area contributed by atoms with E-state index in [-0.39, 0.29) is 5.91 Å². The molecule has 2 aromatic heterocycles. The average Bonchev–Trinajstić information content (AvgIpc) is 2.80. The number of carbonyl (C=O) groups excluding carboxylic acids is 1. The largest absolute Gasteiger partial charge is 0.381 e. The molecule has 0 aliphatic carbocycles. The number of aromatic nitrogens is 3. The van der Waals surface area contributed by atoms with E-state index in [0.29, 0.717) is 17.0 Å². The molecule has 0 spiro atoms. The Morgan fingerprint density at radius 1 is 1.06 bits per heavy atom. The predicted molar refractivity (Wildman–Crippen MR) is 123 cm³/mol. The van der Waals surface area contributed by atoms with Gasteiger partial charge in [-0.3, -0.25) is 9.78 Å². The number of nitrogens with one attached hydrogen (secondary N) is 2. The van der Waals surface area contributed by atoms with Crippen LogP contribution in [0.3, 0.4) is 0 Å². The zero-order valence-electron chi connectivity index (χ0n) is 17.0. The Labute approximate surface area is 186 Å². The molecule has 1 saturated heterocycles. The van der Waals surface area contributed by atoms with Crippen LogP contribution in [0.15, 0.2) is 67.8 Å². The summed E-state index contributed by atoms with van der Waals surface area (Å²) in [5.41, 5.74) is 3.57. The second-order valence-electron chi connectivity index (χ2n) is 7.34. The summed E-state index contributed by atoms with van der Waals surface area (Å²) in [6.07, 6.45) is 10.3. The van der Waals surface area contributed by atoms with Crippen molar-refractivity contribution in [3.8, 4) is 11.1 Å². The van der Waals surface area contributed by atoms with Crippen LogP contribution in [-0.4, -0.2) is 44.9 Å². The van der Waals surface area contributed by atoms with Crippen LogP contribution in [0.25, 0.3) is 11.1 Å². The summed E-state index contributed by atoms with van der Waals surface area (Å²) in [5, 5.41) is 7.31. The first-order chi connectivity index (χ1) is 15.1. The van der Waals surface area contributed by atoms with Gasteiger partial charge in [-0.1, -0.05) is 24.2 Å². The number of amides is 1. The third kappa shape index (κ3) is 5.38. The highest BCUT2D eigenvalue weighted by molar-refractivity contribution is 6.30. The van der Waals surface area contributed by atoms with Gasteiger partial charge in [0.15, 0.2) is 0 Å². The van der Waals surface area contributed by atoms with E-state index in [1.165, 1.54) is 6.08 Å². The van der Waals surface area contributed by atoms with Crippen molar-refractivity contribution in [1.29, 1.82) is 0 Å². The summed E-state index contributed by atoms with van der Waals surface area (Å²) in [6, 6.07) is 9.73. The Kier molecular flexibility index (Phi) is 6.43. The monoisotopic (exact) mass is 434 g/mol. The summed E-state index contributed by atoms with van der Waals surface area (Å²) < 4.78 is 0. The van der Waals surface area contributed by atoms with Gasteiger partial charge in [-0.25, -0.2) is 9.97 Å². The van der Waals surface area contributed by atoms with Gasteiger partial charge < -0.3 is 15.5 Å². The van der Waals surface area contributed by atoms with Gasteiger partial charge in [0.25, 0.3) is 0 Å². The second kappa shape index (κ2) is 9.57. The molecular formula is C23H23ClN6O.